The van der Waals surface area contributed by atoms with E-state index in [1.807, 2.05) is 12.1 Å². The summed E-state index contributed by atoms with van der Waals surface area (Å²) in [4.78, 5) is 8.44. The molecule has 1 fully saturated rings. The Labute approximate surface area is 120 Å². The maximum absolute atomic E-state index is 8.88. The Bertz CT molecular complexity index is 630. The Morgan fingerprint density at radius 3 is 3.15 bits per heavy atom. The first-order chi connectivity index (χ1) is 9.76. The Kier molecular flexibility index (Phi) is 3.78. The van der Waals surface area contributed by atoms with Gasteiger partial charge in [-0.25, -0.2) is 0 Å². The summed E-state index contributed by atoms with van der Waals surface area (Å²) in [6.45, 7) is 4.63. The van der Waals surface area contributed by atoms with E-state index in [-0.39, 0.29) is 6.04 Å². The van der Waals surface area contributed by atoms with Crippen molar-refractivity contribution < 1.29 is 9.26 Å². The lowest BCUT2D eigenvalue weighted by Gasteiger charge is -2.32. The largest absolute Gasteiger partial charge is 0.378 e. The van der Waals surface area contributed by atoms with E-state index in [1.165, 1.54) is 11.3 Å². The Morgan fingerprint density at radius 1 is 1.55 bits per heavy atom. The molecular weight excluding hydrogens is 276 g/mol. The van der Waals surface area contributed by atoms with E-state index in [9.17, 15) is 0 Å². The molecule has 0 aromatic carbocycles. The molecule has 3 heterocycles. The molecule has 20 heavy (non-hydrogen) atoms. The molecule has 7 heteroatoms. The quantitative estimate of drug-likeness (QED) is 0.859. The molecule has 1 saturated heterocycles. The summed E-state index contributed by atoms with van der Waals surface area (Å²) < 4.78 is 10.8. The molecule has 1 unspecified atom stereocenters. The minimum Gasteiger partial charge on any atom is -0.378 e. The van der Waals surface area contributed by atoms with Crippen LogP contribution in [0, 0.1) is 18.3 Å². The molecule has 0 N–H and O–H groups in total. The van der Waals surface area contributed by atoms with E-state index in [0.29, 0.717) is 24.9 Å². The number of nitriles is 1. The number of rotatable bonds is 3. The first-order valence-corrected chi connectivity index (χ1v) is 7.19. The van der Waals surface area contributed by atoms with Crippen LogP contribution in [0.15, 0.2) is 16.7 Å². The highest BCUT2D eigenvalue weighted by Crippen LogP contribution is 2.26. The van der Waals surface area contributed by atoms with Gasteiger partial charge in [-0.1, -0.05) is 5.16 Å². The van der Waals surface area contributed by atoms with Crippen molar-refractivity contribution in [3.8, 4) is 6.07 Å². The topological polar surface area (TPSA) is 75.2 Å². The van der Waals surface area contributed by atoms with E-state index in [0.717, 1.165) is 22.8 Å². The number of hydrogen-bond acceptors (Lipinski definition) is 7. The molecule has 0 spiro atoms. The van der Waals surface area contributed by atoms with E-state index in [4.69, 9.17) is 14.5 Å². The molecule has 2 aromatic heterocycles. The van der Waals surface area contributed by atoms with Gasteiger partial charge in [-0.2, -0.15) is 10.2 Å². The standard InChI is InChI=1S/C13H14N4O2S/c1-9-15-13(19-16-9)12-8-18-5-4-17(12)7-11-3-2-10(6-14)20-11/h2-3,12H,4-5,7-8H2,1H3. The van der Waals surface area contributed by atoms with Crippen LogP contribution in [0.5, 0.6) is 0 Å². The summed E-state index contributed by atoms with van der Waals surface area (Å²) in [5.74, 6) is 1.23. The Hall–Kier alpha value is -1.75. The minimum atomic E-state index is -0.0161. The summed E-state index contributed by atoms with van der Waals surface area (Å²) in [6.07, 6.45) is 0. The third-order valence-corrected chi connectivity index (χ3v) is 4.17. The molecule has 3 rings (SSSR count). The van der Waals surface area contributed by atoms with Crippen molar-refractivity contribution in [2.75, 3.05) is 19.8 Å². The summed E-state index contributed by atoms with van der Waals surface area (Å²) in [7, 11) is 0. The van der Waals surface area contributed by atoms with Crippen LogP contribution in [0.1, 0.15) is 27.5 Å². The van der Waals surface area contributed by atoms with Crippen molar-refractivity contribution in [3.05, 3.63) is 33.6 Å². The number of aryl methyl sites for hydroxylation is 1. The van der Waals surface area contributed by atoms with Crippen molar-refractivity contribution in [2.24, 2.45) is 0 Å². The van der Waals surface area contributed by atoms with Gasteiger partial charge in [-0.15, -0.1) is 11.3 Å². The number of hydrogen-bond donors (Lipinski definition) is 0. The highest BCUT2D eigenvalue weighted by atomic mass is 32.1. The fraction of sp³-hybridized carbons (Fsp3) is 0.462. The van der Waals surface area contributed by atoms with Crippen LogP contribution in [-0.4, -0.2) is 34.8 Å². The second-order valence-electron chi connectivity index (χ2n) is 4.62. The first-order valence-electron chi connectivity index (χ1n) is 6.37. The van der Waals surface area contributed by atoms with Crippen molar-refractivity contribution in [2.45, 2.75) is 19.5 Å². The fourth-order valence-corrected chi connectivity index (χ4v) is 3.06. The SMILES string of the molecule is Cc1noc(C2COCCN2Cc2ccc(C#N)s2)n1. The van der Waals surface area contributed by atoms with Gasteiger partial charge in [0.1, 0.15) is 17.0 Å². The van der Waals surface area contributed by atoms with Crippen LogP contribution >= 0.6 is 11.3 Å². The molecule has 1 aliphatic heterocycles. The third-order valence-electron chi connectivity index (χ3n) is 3.20. The zero-order valence-corrected chi connectivity index (χ0v) is 11.9. The zero-order valence-electron chi connectivity index (χ0n) is 11.1. The van der Waals surface area contributed by atoms with Crippen molar-refractivity contribution in [3.63, 3.8) is 0 Å². The van der Waals surface area contributed by atoms with Gasteiger partial charge in [0.25, 0.3) is 0 Å². The van der Waals surface area contributed by atoms with E-state index >= 15 is 0 Å². The Balaban J connectivity index is 1.77. The number of ether oxygens (including phenoxy) is 1. The van der Waals surface area contributed by atoms with Crippen LogP contribution in [0.2, 0.25) is 0 Å². The average molecular weight is 290 g/mol. The van der Waals surface area contributed by atoms with E-state index < -0.39 is 0 Å². The molecule has 0 saturated carbocycles. The minimum absolute atomic E-state index is 0.0161. The lowest BCUT2D eigenvalue weighted by Crippen LogP contribution is -2.39. The first kappa shape index (κ1) is 13.2. The van der Waals surface area contributed by atoms with Crippen molar-refractivity contribution in [1.82, 2.24) is 15.0 Å². The summed E-state index contributed by atoms with van der Waals surface area (Å²) in [5.41, 5.74) is 0. The van der Waals surface area contributed by atoms with Crippen LogP contribution in [-0.2, 0) is 11.3 Å². The summed E-state index contributed by atoms with van der Waals surface area (Å²) >= 11 is 1.52. The number of morpholine rings is 1. The van der Waals surface area contributed by atoms with Gasteiger partial charge < -0.3 is 9.26 Å². The monoisotopic (exact) mass is 290 g/mol. The predicted molar refractivity (Wildman–Crippen MR) is 72.0 cm³/mol. The molecule has 6 nitrogen and oxygen atoms in total. The molecule has 1 aliphatic rings. The highest BCUT2D eigenvalue weighted by molar-refractivity contribution is 7.12. The number of nitrogens with zero attached hydrogens (tertiary/aromatic N) is 4. The average Bonchev–Trinajstić information content (AvgIpc) is 3.08. The molecular formula is C13H14N4O2S. The van der Waals surface area contributed by atoms with Gasteiger partial charge in [-0.05, 0) is 19.1 Å². The second kappa shape index (κ2) is 5.71. The van der Waals surface area contributed by atoms with Gasteiger partial charge in [0, 0.05) is 18.0 Å². The lowest BCUT2D eigenvalue weighted by atomic mass is 10.2. The molecule has 0 aliphatic carbocycles. The normalized spacial score (nSPS) is 19.9. The molecule has 1 atom stereocenters. The van der Waals surface area contributed by atoms with E-state index in [2.05, 4.69) is 21.1 Å². The fourth-order valence-electron chi connectivity index (χ4n) is 2.23. The van der Waals surface area contributed by atoms with Crippen molar-refractivity contribution in [1.29, 1.82) is 5.26 Å². The molecule has 2 aromatic rings. The second-order valence-corrected chi connectivity index (χ2v) is 5.79. The van der Waals surface area contributed by atoms with Crippen LogP contribution < -0.4 is 0 Å². The number of thiophene rings is 1. The third kappa shape index (κ3) is 2.72. The van der Waals surface area contributed by atoms with Crippen LogP contribution in [0.3, 0.4) is 0 Å². The number of aromatic nitrogens is 2. The van der Waals surface area contributed by atoms with Gasteiger partial charge in [0.15, 0.2) is 5.82 Å². The zero-order chi connectivity index (χ0) is 13.9. The molecule has 0 bridgehead atoms. The molecule has 104 valence electrons. The van der Waals surface area contributed by atoms with Crippen LogP contribution in [0.25, 0.3) is 0 Å². The van der Waals surface area contributed by atoms with Gasteiger partial charge in [0.05, 0.1) is 13.2 Å². The smallest absolute Gasteiger partial charge is 0.246 e. The van der Waals surface area contributed by atoms with Crippen LogP contribution in [0.4, 0.5) is 0 Å². The van der Waals surface area contributed by atoms with Gasteiger partial charge in [0.2, 0.25) is 5.89 Å². The Morgan fingerprint density at radius 2 is 2.45 bits per heavy atom. The maximum Gasteiger partial charge on any atom is 0.246 e. The summed E-state index contributed by atoms with van der Waals surface area (Å²) in [6, 6.07) is 6.00. The van der Waals surface area contributed by atoms with E-state index in [1.54, 1.807) is 6.92 Å². The van der Waals surface area contributed by atoms with Crippen molar-refractivity contribution >= 4 is 11.3 Å². The molecule has 0 radical (unpaired) electrons. The van der Waals surface area contributed by atoms with Gasteiger partial charge >= 0.3 is 0 Å². The van der Waals surface area contributed by atoms with Gasteiger partial charge in [-0.3, -0.25) is 4.90 Å². The predicted octanol–water partition coefficient (Wildman–Crippen LogP) is 1.88. The highest BCUT2D eigenvalue weighted by Gasteiger charge is 2.29. The summed E-state index contributed by atoms with van der Waals surface area (Å²) in [5, 5.41) is 12.7. The lowest BCUT2D eigenvalue weighted by molar-refractivity contribution is -0.0236. The molecule has 0 amide bonds. The maximum atomic E-state index is 8.88.